The molecule has 0 saturated heterocycles. The lowest BCUT2D eigenvalue weighted by Crippen LogP contribution is -2.44. The molecule has 8 heteroatoms. The second-order valence-corrected chi connectivity index (χ2v) is 5.97. The maximum absolute atomic E-state index is 12.2. The number of esters is 1. The number of hydrogen-bond donors (Lipinski definition) is 2. The van der Waals surface area contributed by atoms with Crippen molar-refractivity contribution in [3.8, 4) is 0 Å². The smallest absolute Gasteiger partial charge is 0.341 e. The molecule has 7 nitrogen and oxygen atoms in total. The first-order valence-corrected chi connectivity index (χ1v) is 8.22. The molecule has 138 valence electrons. The lowest BCUT2D eigenvalue weighted by molar-refractivity contribution is -0.122. The van der Waals surface area contributed by atoms with E-state index in [1.165, 1.54) is 13.2 Å². The van der Waals surface area contributed by atoms with Crippen molar-refractivity contribution in [2.45, 2.75) is 26.4 Å². The molecule has 2 N–H and O–H groups in total. The lowest BCUT2D eigenvalue weighted by atomic mass is 10.2. The Morgan fingerprint density at radius 1 is 1.23 bits per heavy atom. The third-order valence-corrected chi connectivity index (χ3v) is 4.00. The fraction of sp³-hybridized carbons (Fsp3) is 0.278. The summed E-state index contributed by atoms with van der Waals surface area (Å²) in [5, 5.41) is 5.52. The zero-order valence-electron chi connectivity index (χ0n) is 14.6. The number of benzene rings is 1. The van der Waals surface area contributed by atoms with Gasteiger partial charge in [0.2, 0.25) is 5.91 Å². The predicted octanol–water partition coefficient (Wildman–Crippen LogP) is 2.46. The van der Waals surface area contributed by atoms with Gasteiger partial charge in [-0.15, -0.1) is 0 Å². The summed E-state index contributed by atoms with van der Waals surface area (Å²) >= 11 is 5.97. The summed E-state index contributed by atoms with van der Waals surface area (Å²) in [6.45, 7) is 3.25. The van der Waals surface area contributed by atoms with Crippen molar-refractivity contribution in [2.24, 2.45) is 0 Å². The van der Waals surface area contributed by atoms with Gasteiger partial charge in [0.1, 0.15) is 23.1 Å². The van der Waals surface area contributed by atoms with E-state index in [0.717, 1.165) is 0 Å². The van der Waals surface area contributed by atoms with Gasteiger partial charge in [-0.2, -0.15) is 0 Å². The summed E-state index contributed by atoms with van der Waals surface area (Å²) in [6.07, 6.45) is 0. The number of hydrogen-bond acceptors (Lipinski definition) is 5. The van der Waals surface area contributed by atoms with Gasteiger partial charge in [0, 0.05) is 0 Å². The van der Waals surface area contributed by atoms with Crippen molar-refractivity contribution in [1.82, 2.24) is 10.6 Å². The minimum absolute atomic E-state index is 0.0724. The van der Waals surface area contributed by atoms with Crippen LogP contribution in [0, 0.1) is 6.92 Å². The number of halogens is 1. The van der Waals surface area contributed by atoms with Gasteiger partial charge in [-0.25, -0.2) is 4.79 Å². The van der Waals surface area contributed by atoms with Gasteiger partial charge in [0.05, 0.1) is 24.2 Å². The van der Waals surface area contributed by atoms with E-state index in [4.69, 9.17) is 16.0 Å². The Hall–Kier alpha value is -2.80. The monoisotopic (exact) mass is 378 g/mol. The Balaban J connectivity index is 1.92. The Morgan fingerprint density at radius 2 is 1.92 bits per heavy atom. The average molecular weight is 379 g/mol. The highest BCUT2D eigenvalue weighted by molar-refractivity contribution is 6.33. The summed E-state index contributed by atoms with van der Waals surface area (Å²) in [4.78, 5) is 35.9. The molecule has 0 bridgehead atoms. The third kappa shape index (κ3) is 4.64. The molecule has 1 unspecified atom stereocenters. The van der Waals surface area contributed by atoms with Crippen LogP contribution in [-0.2, 0) is 16.1 Å². The van der Waals surface area contributed by atoms with E-state index in [1.807, 2.05) is 0 Å². The molecule has 0 aliphatic carbocycles. The van der Waals surface area contributed by atoms with Crippen molar-refractivity contribution < 1.29 is 23.5 Å². The van der Waals surface area contributed by atoms with Crippen molar-refractivity contribution in [1.29, 1.82) is 0 Å². The van der Waals surface area contributed by atoms with Gasteiger partial charge in [0.15, 0.2) is 0 Å². The molecular formula is C18H19ClN2O5. The van der Waals surface area contributed by atoms with Crippen molar-refractivity contribution >= 4 is 29.4 Å². The number of rotatable bonds is 6. The van der Waals surface area contributed by atoms with Crippen LogP contribution in [0.3, 0.4) is 0 Å². The zero-order chi connectivity index (χ0) is 19.3. The van der Waals surface area contributed by atoms with Crippen LogP contribution in [0.1, 0.15) is 39.2 Å². The molecule has 2 amide bonds. The molecule has 2 aromatic rings. The maximum Gasteiger partial charge on any atom is 0.341 e. The number of furan rings is 1. The number of aryl methyl sites for hydroxylation is 1. The third-order valence-electron chi connectivity index (χ3n) is 3.67. The van der Waals surface area contributed by atoms with E-state index in [0.29, 0.717) is 22.1 Å². The zero-order valence-corrected chi connectivity index (χ0v) is 15.3. The largest absolute Gasteiger partial charge is 0.465 e. The van der Waals surface area contributed by atoms with Crippen LogP contribution in [0.5, 0.6) is 0 Å². The molecule has 2 rings (SSSR count). The van der Waals surface area contributed by atoms with E-state index in [9.17, 15) is 14.4 Å². The van der Waals surface area contributed by atoms with Crippen molar-refractivity contribution in [3.05, 3.63) is 58.0 Å². The lowest BCUT2D eigenvalue weighted by Gasteiger charge is -2.14. The summed E-state index contributed by atoms with van der Waals surface area (Å²) in [7, 11) is 1.28. The molecule has 1 heterocycles. The molecule has 26 heavy (non-hydrogen) atoms. The van der Waals surface area contributed by atoms with Crippen molar-refractivity contribution in [3.63, 3.8) is 0 Å². The van der Waals surface area contributed by atoms with Gasteiger partial charge < -0.3 is 19.8 Å². The second kappa shape index (κ2) is 8.53. The highest BCUT2D eigenvalue weighted by atomic mass is 35.5. The SMILES string of the molecule is COC(=O)c1cc(CNC(=O)C(C)NC(=O)c2ccccc2Cl)oc1C. The minimum atomic E-state index is -0.782. The van der Waals surface area contributed by atoms with E-state index in [2.05, 4.69) is 15.4 Å². The number of ether oxygens (including phenoxy) is 1. The van der Waals surface area contributed by atoms with Gasteiger partial charge >= 0.3 is 5.97 Å². The van der Waals surface area contributed by atoms with Crippen LogP contribution in [0.15, 0.2) is 34.7 Å². The molecule has 1 aromatic carbocycles. The van der Waals surface area contributed by atoms with Crippen LogP contribution in [0.2, 0.25) is 5.02 Å². The van der Waals surface area contributed by atoms with E-state index >= 15 is 0 Å². The summed E-state index contributed by atoms with van der Waals surface area (Å²) < 4.78 is 10.1. The molecule has 1 atom stereocenters. The fourth-order valence-corrected chi connectivity index (χ4v) is 2.48. The molecule has 0 spiro atoms. The van der Waals surface area contributed by atoms with Gasteiger partial charge in [0.25, 0.3) is 5.91 Å². The van der Waals surface area contributed by atoms with Gasteiger partial charge in [-0.1, -0.05) is 23.7 Å². The van der Waals surface area contributed by atoms with Gasteiger partial charge in [-0.05, 0) is 32.0 Å². The Morgan fingerprint density at radius 3 is 2.58 bits per heavy atom. The first-order chi connectivity index (χ1) is 12.3. The molecule has 0 saturated carbocycles. The average Bonchev–Trinajstić information content (AvgIpc) is 2.99. The topological polar surface area (TPSA) is 97.6 Å². The summed E-state index contributed by atoms with van der Waals surface area (Å²) in [6, 6.07) is 7.29. The van der Waals surface area contributed by atoms with E-state index < -0.39 is 23.8 Å². The Labute approximate surface area is 155 Å². The molecule has 0 fully saturated rings. The summed E-state index contributed by atoms with van der Waals surface area (Å²) in [5.74, 6) is -0.551. The van der Waals surface area contributed by atoms with Crippen LogP contribution in [0.25, 0.3) is 0 Å². The van der Waals surface area contributed by atoms with Crippen LogP contribution in [-0.4, -0.2) is 30.9 Å². The molecule has 1 aromatic heterocycles. The Kier molecular flexibility index (Phi) is 6.41. The Bertz CT molecular complexity index is 831. The first kappa shape index (κ1) is 19.5. The van der Waals surface area contributed by atoms with Gasteiger partial charge in [-0.3, -0.25) is 9.59 Å². The van der Waals surface area contributed by atoms with Crippen LogP contribution >= 0.6 is 11.6 Å². The molecule has 0 aliphatic rings. The van der Waals surface area contributed by atoms with E-state index in [-0.39, 0.29) is 12.1 Å². The number of nitrogens with one attached hydrogen (secondary N) is 2. The number of carbonyl (C=O) groups is 3. The number of methoxy groups -OCH3 is 1. The fourth-order valence-electron chi connectivity index (χ4n) is 2.26. The standard InChI is InChI=1S/C18H19ClN2O5/c1-10(21-17(23)13-6-4-5-7-15(13)19)16(22)20-9-12-8-14(11(2)26-12)18(24)25-3/h4-8,10H,9H2,1-3H3,(H,20,22)(H,21,23). The minimum Gasteiger partial charge on any atom is -0.465 e. The predicted molar refractivity (Wildman–Crippen MR) is 95.0 cm³/mol. The van der Waals surface area contributed by atoms with Crippen molar-refractivity contribution in [2.75, 3.05) is 7.11 Å². The molecule has 0 radical (unpaired) electrons. The van der Waals surface area contributed by atoms with Crippen LogP contribution < -0.4 is 10.6 Å². The number of carbonyl (C=O) groups excluding carboxylic acids is 3. The first-order valence-electron chi connectivity index (χ1n) is 7.84. The highest BCUT2D eigenvalue weighted by Crippen LogP contribution is 2.16. The highest BCUT2D eigenvalue weighted by Gasteiger charge is 2.19. The molecular weight excluding hydrogens is 360 g/mol. The quantitative estimate of drug-likeness (QED) is 0.752. The number of amides is 2. The molecule has 0 aliphatic heterocycles. The second-order valence-electron chi connectivity index (χ2n) is 5.57. The van der Waals surface area contributed by atoms with E-state index in [1.54, 1.807) is 38.1 Å². The van der Waals surface area contributed by atoms with Crippen LogP contribution in [0.4, 0.5) is 0 Å². The summed E-state index contributed by atoms with van der Waals surface area (Å²) in [5.41, 5.74) is 0.593. The maximum atomic E-state index is 12.2. The normalized spacial score (nSPS) is 11.5.